The van der Waals surface area contributed by atoms with Gasteiger partial charge in [0.15, 0.2) is 12.1 Å². The van der Waals surface area contributed by atoms with Crippen molar-refractivity contribution in [1.82, 2.24) is 4.98 Å². The summed E-state index contributed by atoms with van der Waals surface area (Å²) in [7, 11) is 0. The van der Waals surface area contributed by atoms with Gasteiger partial charge in [-0.25, -0.2) is 9.37 Å². The van der Waals surface area contributed by atoms with Crippen LogP contribution in [0.25, 0.3) is 11.1 Å². The van der Waals surface area contributed by atoms with Gasteiger partial charge < -0.3 is 0 Å². The molecule has 86 valence electrons. The van der Waals surface area contributed by atoms with Crippen molar-refractivity contribution in [2.75, 3.05) is 0 Å². The van der Waals surface area contributed by atoms with Crippen LogP contribution in [-0.2, 0) is 0 Å². The molecule has 2 aromatic rings. The molecule has 0 radical (unpaired) electrons. The van der Waals surface area contributed by atoms with E-state index in [-0.39, 0.29) is 5.69 Å². The maximum Gasteiger partial charge on any atom is 0.171 e. The van der Waals surface area contributed by atoms with Crippen LogP contribution in [0.4, 0.5) is 4.39 Å². The molecule has 0 fully saturated rings. The number of aldehydes is 1. The van der Waals surface area contributed by atoms with Crippen LogP contribution in [0.1, 0.15) is 10.5 Å². The number of nitrogens with zero attached hydrogens (tertiary/aromatic N) is 1. The van der Waals surface area contributed by atoms with Crippen LogP contribution in [0, 0.1) is 5.82 Å². The molecular weight excluding hydrogens is 264 g/mol. The summed E-state index contributed by atoms with van der Waals surface area (Å²) in [6, 6.07) is 6.24. The first-order valence-corrected chi connectivity index (χ1v) is 5.44. The summed E-state index contributed by atoms with van der Waals surface area (Å²) < 4.78 is 13.4. The van der Waals surface area contributed by atoms with Crippen LogP contribution < -0.4 is 0 Å². The fourth-order valence-electron chi connectivity index (χ4n) is 1.41. The lowest BCUT2D eigenvalue weighted by atomic mass is 10.1. The summed E-state index contributed by atoms with van der Waals surface area (Å²) >= 11 is 11.9. The van der Waals surface area contributed by atoms with Crippen molar-refractivity contribution >= 4 is 29.5 Å². The van der Waals surface area contributed by atoms with Crippen LogP contribution in [0.15, 0.2) is 30.5 Å². The molecule has 0 aliphatic heterocycles. The largest absolute Gasteiger partial charge is 0.296 e. The van der Waals surface area contributed by atoms with Gasteiger partial charge in [-0.2, -0.15) is 0 Å². The van der Waals surface area contributed by atoms with Crippen LogP contribution in [0.5, 0.6) is 0 Å². The van der Waals surface area contributed by atoms with E-state index in [9.17, 15) is 9.18 Å². The van der Waals surface area contributed by atoms with E-state index >= 15 is 0 Å². The molecule has 5 heteroatoms. The van der Waals surface area contributed by atoms with Crippen molar-refractivity contribution < 1.29 is 9.18 Å². The molecule has 2 rings (SSSR count). The second-order valence-electron chi connectivity index (χ2n) is 3.31. The van der Waals surface area contributed by atoms with Gasteiger partial charge in [-0.05, 0) is 12.1 Å². The molecule has 17 heavy (non-hydrogen) atoms. The Morgan fingerprint density at radius 3 is 2.71 bits per heavy atom. The van der Waals surface area contributed by atoms with E-state index in [2.05, 4.69) is 4.98 Å². The Balaban J connectivity index is 2.57. The molecule has 1 aromatic heterocycles. The van der Waals surface area contributed by atoms with Crippen molar-refractivity contribution in [2.45, 2.75) is 0 Å². The van der Waals surface area contributed by atoms with Crippen molar-refractivity contribution in [1.29, 1.82) is 0 Å². The minimum Gasteiger partial charge on any atom is -0.296 e. The highest BCUT2D eigenvalue weighted by Crippen LogP contribution is 2.33. The maximum atomic E-state index is 13.4. The van der Waals surface area contributed by atoms with E-state index in [0.29, 0.717) is 27.5 Å². The van der Waals surface area contributed by atoms with E-state index in [4.69, 9.17) is 23.2 Å². The highest BCUT2D eigenvalue weighted by atomic mass is 35.5. The van der Waals surface area contributed by atoms with Crippen LogP contribution >= 0.6 is 23.2 Å². The quantitative estimate of drug-likeness (QED) is 0.772. The van der Waals surface area contributed by atoms with Gasteiger partial charge >= 0.3 is 0 Å². The first-order chi connectivity index (χ1) is 8.13. The molecular formula is C12H6Cl2FNO. The van der Waals surface area contributed by atoms with Crippen molar-refractivity contribution in [3.8, 4) is 11.1 Å². The third-order valence-electron chi connectivity index (χ3n) is 2.24. The number of carbonyl (C=O) groups excluding carboxylic acids is 1. The Hall–Kier alpha value is -1.45. The third kappa shape index (κ3) is 2.30. The van der Waals surface area contributed by atoms with Crippen molar-refractivity contribution in [3.05, 3.63) is 52.0 Å². The molecule has 0 bridgehead atoms. The lowest BCUT2D eigenvalue weighted by Crippen LogP contribution is -1.93. The summed E-state index contributed by atoms with van der Waals surface area (Å²) in [6.45, 7) is 0. The molecule has 1 aromatic carbocycles. The van der Waals surface area contributed by atoms with E-state index in [1.54, 1.807) is 18.2 Å². The Bertz CT molecular complexity index is 587. The van der Waals surface area contributed by atoms with Crippen molar-refractivity contribution in [2.24, 2.45) is 0 Å². The predicted octanol–water partition coefficient (Wildman–Crippen LogP) is 4.01. The molecule has 0 saturated carbocycles. The summed E-state index contributed by atoms with van der Waals surface area (Å²) in [5.74, 6) is -0.687. The molecule has 0 N–H and O–H groups in total. The van der Waals surface area contributed by atoms with Crippen molar-refractivity contribution in [3.63, 3.8) is 0 Å². The monoisotopic (exact) mass is 269 g/mol. The Morgan fingerprint density at radius 1 is 1.29 bits per heavy atom. The number of hydrogen-bond acceptors (Lipinski definition) is 2. The number of halogens is 3. The number of pyridine rings is 1. The van der Waals surface area contributed by atoms with Gasteiger partial charge in [-0.3, -0.25) is 4.79 Å². The summed E-state index contributed by atoms with van der Waals surface area (Å²) in [4.78, 5) is 14.1. The molecule has 1 heterocycles. The number of carbonyl (C=O) groups is 1. The van der Waals surface area contributed by atoms with E-state index < -0.39 is 5.82 Å². The minimum absolute atomic E-state index is 0.230. The smallest absolute Gasteiger partial charge is 0.171 e. The fraction of sp³-hybridized carbons (Fsp3) is 0. The average Bonchev–Trinajstić information content (AvgIpc) is 2.32. The lowest BCUT2D eigenvalue weighted by Gasteiger charge is -2.06. The number of aromatic nitrogens is 1. The molecule has 0 spiro atoms. The molecule has 0 saturated heterocycles. The van der Waals surface area contributed by atoms with Gasteiger partial charge in [0.25, 0.3) is 0 Å². The zero-order valence-electron chi connectivity index (χ0n) is 8.45. The second-order valence-corrected chi connectivity index (χ2v) is 4.10. The SMILES string of the molecule is O=Cc1ncc(-c2cccc(Cl)c2Cl)cc1F. The third-order valence-corrected chi connectivity index (χ3v) is 3.06. The maximum absolute atomic E-state index is 13.4. The predicted molar refractivity (Wildman–Crippen MR) is 65.0 cm³/mol. The average molecular weight is 270 g/mol. The Labute approximate surface area is 107 Å². The molecule has 0 amide bonds. The van der Waals surface area contributed by atoms with Gasteiger partial charge in [-0.1, -0.05) is 35.3 Å². The Kier molecular flexibility index (Phi) is 3.41. The van der Waals surface area contributed by atoms with Gasteiger partial charge in [-0.15, -0.1) is 0 Å². The first-order valence-electron chi connectivity index (χ1n) is 4.68. The van der Waals surface area contributed by atoms with Crippen LogP contribution in [0.3, 0.4) is 0 Å². The summed E-state index contributed by atoms with van der Waals surface area (Å²) in [5.41, 5.74) is 0.815. The molecule has 0 aliphatic carbocycles. The summed E-state index contributed by atoms with van der Waals surface area (Å²) in [5, 5.41) is 0.707. The molecule has 0 atom stereocenters. The molecule has 0 unspecified atom stereocenters. The Morgan fingerprint density at radius 2 is 2.06 bits per heavy atom. The van der Waals surface area contributed by atoms with E-state index in [1.165, 1.54) is 12.3 Å². The van der Waals surface area contributed by atoms with Crippen LogP contribution in [0.2, 0.25) is 10.0 Å². The van der Waals surface area contributed by atoms with Gasteiger partial charge in [0.1, 0.15) is 5.69 Å². The second kappa shape index (κ2) is 4.82. The molecule has 2 nitrogen and oxygen atoms in total. The van der Waals surface area contributed by atoms with Crippen LogP contribution in [-0.4, -0.2) is 11.3 Å². The standard InChI is InChI=1S/C12H6Cl2FNO/c13-9-3-1-2-8(12(9)14)7-4-10(15)11(6-17)16-5-7/h1-6H. The topological polar surface area (TPSA) is 30.0 Å². The summed E-state index contributed by atoms with van der Waals surface area (Å²) in [6.07, 6.45) is 1.74. The number of hydrogen-bond donors (Lipinski definition) is 0. The number of rotatable bonds is 2. The molecule has 0 aliphatic rings. The van der Waals surface area contributed by atoms with E-state index in [1.807, 2.05) is 0 Å². The van der Waals surface area contributed by atoms with Gasteiger partial charge in [0.2, 0.25) is 0 Å². The number of benzene rings is 1. The highest BCUT2D eigenvalue weighted by molar-refractivity contribution is 6.43. The lowest BCUT2D eigenvalue weighted by molar-refractivity contribution is 0.111. The minimum atomic E-state index is -0.687. The normalized spacial score (nSPS) is 10.3. The zero-order chi connectivity index (χ0) is 12.4. The zero-order valence-corrected chi connectivity index (χ0v) is 9.97. The highest BCUT2D eigenvalue weighted by Gasteiger charge is 2.10. The first kappa shape index (κ1) is 12.0. The van der Waals surface area contributed by atoms with E-state index in [0.717, 1.165) is 0 Å². The van der Waals surface area contributed by atoms with Gasteiger partial charge in [0.05, 0.1) is 10.0 Å². The van der Waals surface area contributed by atoms with Gasteiger partial charge in [0, 0.05) is 17.3 Å². The fourth-order valence-corrected chi connectivity index (χ4v) is 1.82.